The highest BCUT2D eigenvalue weighted by molar-refractivity contribution is 5.95. The van der Waals surface area contributed by atoms with Gasteiger partial charge in [0, 0.05) is 18.7 Å². The Labute approximate surface area is 254 Å². The number of carbonyl (C=O) groups is 3. The van der Waals surface area contributed by atoms with Gasteiger partial charge in [-0.15, -0.1) is 0 Å². The van der Waals surface area contributed by atoms with Gasteiger partial charge in [-0.25, -0.2) is 0 Å². The molecule has 0 aromatic heterocycles. The van der Waals surface area contributed by atoms with Crippen LogP contribution >= 0.6 is 0 Å². The van der Waals surface area contributed by atoms with Crippen LogP contribution in [0.15, 0.2) is 42.5 Å². The largest absolute Gasteiger partial charge is 0.497 e. The van der Waals surface area contributed by atoms with E-state index in [9.17, 15) is 14.4 Å². The van der Waals surface area contributed by atoms with Crippen molar-refractivity contribution in [1.29, 1.82) is 5.41 Å². The first-order chi connectivity index (χ1) is 20.6. The summed E-state index contributed by atoms with van der Waals surface area (Å²) in [5, 5.41) is 19.9. The summed E-state index contributed by atoms with van der Waals surface area (Å²) in [7, 11) is 1.60. The molecule has 1 heterocycles. The predicted octanol–water partition coefficient (Wildman–Crippen LogP) is 2.05. The minimum atomic E-state index is -0.822. The molecule has 0 aliphatic carbocycles. The molecule has 0 spiro atoms. The topological polar surface area (TPSA) is 168 Å². The summed E-state index contributed by atoms with van der Waals surface area (Å²) in [6.07, 6.45) is 2.76. The van der Waals surface area contributed by atoms with Crippen LogP contribution in [0, 0.1) is 11.3 Å². The van der Waals surface area contributed by atoms with E-state index in [1.54, 1.807) is 19.2 Å². The highest BCUT2D eigenvalue weighted by atomic mass is 16.5. The highest BCUT2D eigenvalue weighted by Crippen LogP contribution is 2.22. The first kappa shape index (κ1) is 33.4. The van der Waals surface area contributed by atoms with Gasteiger partial charge >= 0.3 is 0 Å². The molecule has 0 radical (unpaired) electrons. The lowest BCUT2D eigenvalue weighted by atomic mass is 10.00. The second kappa shape index (κ2) is 16.5. The number of aryl methyl sites for hydroxylation is 1. The minimum absolute atomic E-state index is 0.0394. The summed E-state index contributed by atoms with van der Waals surface area (Å²) in [6, 6.07) is 10.7. The average Bonchev–Trinajstić information content (AvgIpc) is 2.99. The summed E-state index contributed by atoms with van der Waals surface area (Å²) < 4.78 is 11.4. The fourth-order valence-electron chi connectivity index (χ4n) is 4.95. The maximum atomic E-state index is 13.6. The number of rotatable bonds is 7. The molecule has 3 unspecified atom stereocenters. The van der Waals surface area contributed by atoms with Gasteiger partial charge < -0.3 is 36.5 Å². The number of methoxy groups -OCH3 is 1. The maximum absolute atomic E-state index is 13.6. The van der Waals surface area contributed by atoms with E-state index < -0.39 is 24.0 Å². The predicted molar refractivity (Wildman–Crippen MR) is 166 cm³/mol. The first-order valence-electron chi connectivity index (χ1n) is 15.0. The molecule has 2 aromatic carbocycles. The van der Waals surface area contributed by atoms with E-state index in [0.29, 0.717) is 62.3 Å². The Bertz CT molecular complexity index is 1250. The van der Waals surface area contributed by atoms with Crippen LogP contribution < -0.4 is 36.5 Å². The number of hydrogen-bond acceptors (Lipinski definition) is 7. The smallest absolute Gasteiger partial charge is 0.243 e. The number of hydrogen-bond donors (Lipinski definition) is 6. The molecule has 1 aliphatic rings. The summed E-state index contributed by atoms with van der Waals surface area (Å²) in [4.78, 5) is 40.1. The zero-order chi connectivity index (χ0) is 31.4. The molecule has 3 atom stereocenters. The van der Waals surface area contributed by atoms with E-state index in [1.165, 1.54) is 0 Å². The normalized spacial score (nSPS) is 20.9. The molecule has 2 aromatic rings. The third-order valence-electron chi connectivity index (χ3n) is 7.42. The number of nitrogens with one attached hydrogen (secondary N) is 5. The number of amidine groups is 1. The number of amides is 3. The molecule has 0 fully saturated rings. The van der Waals surface area contributed by atoms with Crippen molar-refractivity contribution < 1.29 is 23.9 Å². The molecule has 0 saturated carbocycles. The van der Waals surface area contributed by atoms with Crippen molar-refractivity contribution in [2.75, 3.05) is 26.8 Å². The lowest BCUT2D eigenvalue weighted by Gasteiger charge is -2.27. The maximum Gasteiger partial charge on any atom is 0.243 e. The molecule has 0 bridgehead atoms. The molecule has 3 rings (SSSR count). The fraction of sp³-hybridized carbons (Fsp3) is 0.500. The zero-order valence-electron chi connectivity index (χ0n) is 25.6. The van der Waals surface area contributed by atoms with Crippen molar-refractivity contribution in [3.05, 3.63) is 59.2 Å². The Hall–Kier alpha value is -4.12. The van der Waals surface area contributed by atoms with Crippen molar-refractivity contribution in [1.82, 2.24) is 21.3 Å². The summed E-state index contributed by atoms with van der Waals surface area (Å²) in [6.45, 7) is 6.72. The highest BCUT2D eigenvalue weighted by Gasteiger charge is 2.30. The molecule has 11 heteroatoms. The molecule has 43 heavy (non-hydrogen) atoms. The lowest BCUT2D eigenvalue weighted by molar-refractivity contribution is -0.133. The number of fused-ring (bicyclic) bond motifs is 1. The lowest BCUT2D eigenvalue weighted by Crippen LogP contribution is -2.58. The first-order valence-corrected chi connectivity index (χ1v) is 15.0. The van der Waals surface area contributed by atoms with Crippen LogP contribution in [0.4, 0.5) is 0 Å². The van der Waals surface area contributed by atoms with Crippen molar-refractivity contribution >= 4 is 23.6 Å². The number of nitrogen functional groups attached to an aromatic ring is 1. The summed E-state index contributed by atoms with van der Waals surface area (Å²) >= 11 is 0. The van der Waals surface area contributed by atoms with E-state index in [0.717, 1.165) is 11.1 Å². The minimum Gasteiger partial charge on any atom is -0.497 e. The van der Waals surface area contributed by atoms with E-state index >= 15 is 0 Å². The monoisotopic (exact) mass is 594 g/mol. The van der Waals surface area contributed by atoms with Crippen molar-refractivity contribution in [2.24, 2.45) is 11.7 Å². The van der Waals surface area contributed by atoms with E-state index in [4.69, 9.17) is 20.6 Å². The Morgan fingerprint density at radius 1 is 1.02 bits per heavy atom. The molecule has 0 saturated heterocycles. The van der Waals surface area contributed by atoms with Gasteiger partial charge in [0.05, 0.1) is 13.2 Å². The quantitative estimate of drug-likeness (QED) is 0.211. The third kappa shape index (κ3) is 9.99. The van der Waals surface area contributed by atoms with E-state index in [2.05, 4.69) is 21.3 Å². The van der Waals surface area contributed by atoms with Crippen LogP contribution in [0.1, 0.15) is 56.7 Å². The van der Waals surface area contributed by atoms with Gasteiger partial charge in [-0.05, 0) is 73.1 Å². The second-order valence-corrected chi connectivity index (χ2v) is 11.1. The van der Waals surface area contributed by atoms with Crippen LogP contribution in [0.2, 0.25) is 0 Å². The Morgan fingerprint density at radius 2 is 1.77 bits per heavy atom. The van der Waals surface area contributed by atoms with Crippen molar-refractivity contribution in [2.45, 2.75) is 71.0 Å². The Kier molecular flexibility index (Phi) is 12.8. The molecule has 234 valence electrons. The Balaban J connectivity index is 1.89. The molecule has 11 nitrogen and oxygen atoms in total. The Morgan fingerprint density at radius 3 is 2.42 bits per heavy atom. The van der Waals surface area contributed by atoms with Gasteiger partial charge in [-0.3, -0.25) is 19.8 Å². The summed E-state index contributed by atoms with van der Waals surface area (Å²) in [5.74, 6) is 0.144. The van der Waals surface area contributed by atoms with Gasteiger partial charge in [-0.1, -0.05) is 39.3 Å². The number of carbonyl (C=O) groups excluding carboxylic acids is 3. The van der Waals surface area contributed by atoms with Gasteiger partial charge in [0.15, 0.2) is 0 Å². The summed E-state index contributed by atoms with van der Waals surface area (Å²) in [5.41, 5.74) is 8.10. The number of ether oxygens (including phenoxy) is 2. The second-order valence-electron chi connectivity index (χ2n) is 11.1. The van der Waals surface area contributed by atoms with Crippen LogP contribution in [-0.4, -0.2) is 68.5 Å². The standard InChI is InChI=1S/C32H46N6O5/c1-5-7-25-30(39)36-15-6-8-22-19-23(29(33)34)11-14-27(22)43-17-16-35-26(18-21-9-12-24(42-4)13-10-21)31(40)38-28(20(2)3)32(41)37-25/h9-14,19-20,25-26,28,35H,5-8,15-18H2,1-4H3,(H3,33,34)(H,36,39)(H,37,41)(H,38,40). The van der Waals surface area contributed by atoms with E-state index in [1.807, 2.05) is 51.1 Å². The molecule has 1 aliphatic heterocycles. The van der Waals surface area contributed by atoms with Gasteiger partial charge in [0.2, 0.25) is 17.7 Å². The van der Waals surface area contributed by atoms with Crippen molar-refractivity contribution in [3.63, 3.8) is 0 Å². The van der Waals surface area contributed by atoms with E-state index in [-0.39, 0.29) is 30.2 Å². The van der Waals surface area contributed by atoms with Crippen LogP contribution in [0.25, 0.3) is 0 Å². The number of benzene rings is 2. The molecule has 7 N–H and O–H groups in total. The van der Waals surface area contributed by atoms with Crippen LogP contribution in [0.5, 0.6) is 11.5 Å². The number of nitrogens with two attached hydrogens (primary N) is 1. The van der Waals surface area contributed by atoms with Gasteiger partial charge in [0.25, 0.3) is 0 Å². The molecular weight excluding hydrogens is 548 g/mol. The van der Waals surface area contributed by atoms with Gasteiger partial charge in [-0.2, -0.15) is 0 Å². The fourth-order valence-corrected chi connectivity index (χ4v) is 4.95. The SMILES string of the molecule is CCCC1NC(=O)C(C(C)C)NC(=O)C(Cc2ccc(OC)cc2)NCCOc2ccc(C(=N)N)cc2CCCNC1=O. The van der Waals surface area contributed by atoms with Crippen molar-refractivity contribution in [3.8, 4) is 11.5 Å². The average molecular weight is 595 g/mol. The zero-order valence-corrected chi connectivity index (χ0v) is 25.6. The van der Waals surface area contributed by atoms with Gasteiger partial charge in [0.1, 0.15) is 36.0 Å². The third-order valence-corrected chi connectivity index (χ3v) is 7.42. The molecular formula is C32H46N6O5. The molecule has 3 amide bonds. The van der Waals surface area contributed by atoms with Crippen LogP contribution in [-0.2, 0) is 27.2 Å². The van der Waals surface area contributed by atoms with Crippen LogP contribution in [0.3, 0.4) is 0 Å².